The third-order valence-electron chi connectivity index (χ3n) is 3.78. The first-order valence-corrected chi connectivity index (χ1v) is 7.58. The molecular weight excluding hydrogens is 292 g/mol. The summed E-state index contributed by atoms with van der Waals surface area (Å²) in [6.07, 6.45) is 1.34. The van der Waals surface area contributed by atoms with E-state index < -0.39 is 6.09 Å². The third kappa shape index (κ3) is 3.51. The third-order valence-corrected chi connectivity index (χ3v) is 3.78. The minimum Gasteiger partial charge on any atom is -0.410 e. The number of anilines is 2. The largest absolute Gasteiger partial charge is 0.417 e. The molecule has 1 N–H and O–H groups in total. The van der Waals surface area contributed by atoms with Gasteiger partial charge in [-0.15, -0.1) is 0 Å². The zero-order valence-electron chi connectivity index (χ0n) is 12.9. The molecule has 5 nitrogen and oxygen atoms in total. The molecule has 0 unspecified atom stereocenters. The maximum atomic E-state index is 12.0. The lowest BCUT2D eigenvalue weighted by Crippen LogP contribution is -2.33. The maximum Gasteiger partial charge on any atom is 0.417 e. The molecule has 2 aromatic rings. The molecule has 0 saturated heterocycles. The highest BCUT2D eigenvalue weighted by Crippen LogP contribution is 2.30. The van der Waals surface area contributed by atoms with Gasteiger partial charge in [0.1, 0.15) is 5.75 Å². The molecule has 0 saturated carbocycles. The Kier molecular flexibility index (Phi) is 4.28. The van der Waals surface area contributed by atoms with E-state index in [1.807, 2.05) is 24.3 Å². The van der Waals surface area contributed by atoms with Crippen molar-refractivity contribution >= 4 is 23.4 Å². The van der Waals surface area contributed by atoms with Crippen molar-refractivity contribution < 1.29 is 14.3 Å². The molecule has 23 heavy (non-hydrogen) atoms. The van der Waals surface area contributed by atoms with Crippen molar-refractivity contribution in [3.8, 4) is 5.75 Å². The topological polar surface area (TPSA) is 58.6 Å². The highest BCUT2D eigenvalue weighted by atomic mass is 16.6. The number of carbonyl (C=O) groups excluding carboxylic acids is 2. The van der Waals surface area contributed by atoms with E-state index in [1.165, 1.54) is 0 Å². The zero-order valence-corrected chi connectivity index (χ0v) is 12.9. The van der Waals surface area contributed by atoms with Crippen LogP contribution in [0.2, 0.25) is 0 Å². The normalized spacial score (nSPS) is 13.2. The Balaban J connectivity index is 1.75. The summed E-state index contributed by atoms with van der Waals surface area (Å²) in [7, 11) is 0. The van der Waals surface area contributed by atoms with Gasteiger partial charge in [0.2, 0.25) is 5.91 Å². The zero-order chi connectivity index (χ0) is 16.2. The van der Waals surface area contributed by atoms with Crippen LogP contribution in [-0.4, -0.2) is 18.5 Å². The average Bonchev–Trinajstić information content (AvgIpc) is 2.55. The summed E-state index contributed by atoms with van der Waals surface area (Å²) in [6, 6.07) is 14.5. The second-order valence-corrected chi connectivity index (χ2v) is 5.45. The van der Waals surface area contributed by atoms with Gasteiger partial charge in [0.25, 0.3) is 0 Å². The Bertz CT molecular complexity index is 728. The van der Waals surface area contributed by atoms with E-state index in [4.69, 9.17) is 4.74 Å². The van der Waals surface area contributed by atoms with E-state index in [0.29, 0.717) is 18.0 Å². The lowest BCUT2D eigenvalue weighted by atomic mass is 10.0. The van der Waals surface area contributed by atoms with E-state index in [1.54, 1.807) is 36.1 Å². The first-order valence-electron chi connectivity index (χ1n) is 7.58. The Morgan fingerprint density at radius 3 is 2.65 bits per heavy atom. The number of ether oxygens (including phenoxy) is 1. The van der Waals surface area contributed by atoms with Gasteiger partial charge in [-0.05, 0) is 42.7 Å². The molecule has 0 atom stereocenters. The van der Waals surface area contributed by atoms with Crippen LogP contribution in [-0.2, 0) is 11.2 Å². The molecule has 2 amide bonds. The molecule has 0 fully saturated rings. The van der Waals surface area contributed by atoms with Crippen LogP contribution in [0.3, 0.4) is 0 Å². The van der Waals surface area contributed by atoms with Gasteiger partial charge in [0, 0.05) is 24.8 Å². The van der Waals surface area contributed by atoms with Crippen LogP contribution in [0.1, 0.15) is 18.9 Å². The van der Waals surface area contributed by atoms with Crippen molar-refractivity contribution in [1.29, 1.82) is 0 Å². The second kappa shape index (κ2) is 6.52. The summed E-state index contributed by atoms with van der Waals surface area (Å²) in [6.45, 7) is 2.26. The number of hydrogen-bond acceptors (Lipinski definition) is 3. The van der Waals surface area contributed by atoms with Gasteiger partial charge in [-0.25, -0.2) is 4.79 Å². The number of hydrogen-bond donors (Lipinski definition) is 1. The number of nitrogens with zero attached hydrogens (tertiary/aromatic N) is 1. The summed E-state index contributed by atoms with van der Waals surface area (Å²) < 4.78 is 5.21. The standard InChI is InChI=1S/C18H18N2O3/c1-13(21)20-11-5-6-14-9-10-15(12-17(14)20)19-18(22)23-16-7-3-2-4-8-16/h2-4,7-10,12H,5-6,11H2,1H3,(H,19,22). The Morgan fingerprint density at radius 1 is 1.13 bits per heavy atom. The van der Waals surface area contributed by atoms with Gasteiger partial charge in [0.15, 0.2) is 0 Å². The molecule has 5 heteroatoms. The van der Waals surface area contributed by atoms with Crippen LogP contribution in [0.25, 0.3) is 0 Å². The lowest BCUT2D eigenvalue weighted by molar-refractivity contribution is -0.116. The predicted octanol–water partition coefficient (Wildman–Crippen LogP) is 3.60. The summed E-state index contributed by atoms with van der Waals surface area (Å²) in [5.74, 6) is 0.489. The average molecular weight is 310 g/mol. The quantitative estimate of drug-likeness (QED) is 0.922. The van der Waals surface area contributed by atoms with E-state index in [9.17, 15) is 9.59 Å². The first kappa shape index (κ1) is 15.1. The molecule has 2 aromatic carbocycles. The number of aryl methyl sites for hydroxylation is 1. The molecule has 1 aliphatic heterocycles. The smallest absolute Gasteiger partial charge is 0.410 e. The summed E-state index contributed by atoms with van der Waals surface area (Å²) in [5.41, 5.74) is 2.59. The molecule has 1 heterocycles. The van der Waals surface area contributed by atoms with Gasteiger partial charge >= 0.3 is 6.09 Å². The van der Waals surface area contributed by atoms with Crippen molar-refractivity contribution in [2.45, 2.75) is 19.8 Å². The second-order valence-electron chi connectivity index (χ2n) is 5.45. The van der Waals surface area contributed by atoms with Crippen LogP contribution in [0, 0.1) is 0 Å². The molecule has 0 spiro atoms. The number of rotatable bonds is 2. The number of fused-ring (bicyclic) bond motifs is 1. The number of nitrogens with one attached hydrogen (secondary N) is 1. The highest BCUT2D eigenvalue weighted by molar-refractivity contribution is 5.94. The van der Waals surface area contributed by atoms with Crippen molar-refractivity contribution in [2.75, 3.05) is 16.8 Å². The van der Waals surface area contributed by atoms with Crippen molar-refractivity contribution in [3.05, 3.63) is 54.1 Å². The fourth-order valence-electron chi connectivity index (χ4n) is 2.72. The van der Waals surface area contributed by atoms with Crippen molar-refractivity contribution in [3.63, 3.8) is 0 Å². The Hall–Kier alpha value is -2.82. The molecule has 1 aliphatic rings. The molecule has 0 bridgehead atoms. The summed E-state index contributed by atoms with van der Waals surface area (Å²) in [4.78, 5) is 25.4. The van der Waals surface area contributed by atoms with Crippen LogP contribution in [0.15, 0.2) is 48.5 Å². The molecule has 0 aliphatic carbocycles. The Morgan fingerprint density at radius 2 is 1.91 bits per heavy atom. The maximum absolute atomic E-state index is 12.0. The van der Waals surface area contributed by atoms with Gasteiger partial charge in [-0.2, -0.15) is 0 Å². The van der Waals surface area contributed by atoms with E-state index in [-0.39, 0.29) is 5.91 Å². The van der Waals surface area contributed by atoms with Gasteiger partial charge < -0.3 is 9.64 Å². The fourth-order valence-corrected chi connectivity index (χ4v) is 2.72. The van der Waals surface area contributed by atoms with Crippen LogP contribution < -0.4 is 15.0 Å². The fraction of sp³-hybridized carbons (Fsp3) is 0.222. The number of benzene rings is 2. The molecule has 0 aromatic heterocycles. The summed E-state index contributed by atoms with van der Waals surface area (Å²) in [5, 5.41) is 2.70. The van der Waals surface area contributed by atoms with Crippen LogP contribution in [0.4, 0.5) is 16.2 Å². The number of para-hydroxylation sites is 1. The predicted molar refractivity (Wildman–Crippen MR) is 88.9 cm³/mol. The van der Waals surface area contributed by atoms with Crippen molar-refractivity contribution in [2.24, 2.45) is 0 Å². The van der Waals surface area contributed by atoms with Gasteiger partial charge in [-0.3, -0.25) is 10.1 Å². The molecule has 3 rings (SSSR count). The molecule has 118 valence electrons. The highest BCUT2D eigenvalue weighted by Gasteiger charge is 2.20. The van der Waals surface area contributed by atoms with E-state index >= 15 is 0 Å². The Labute approximate surface area is 134 Å². The SMILES string of the molecule is CC(=O)N1CCCc2ccc(NC(=O)Oc3ccccc3)cc21. The first-order chi connectivity index (χ1) is 11.1. The number of amides is 2. The van der Waals surface area contributed by atoms with Gasteiger partial charge in [0.05, 0.1) is 0 Å². The number of carbonyl (C=O) groups is 2. The van der Waals surface area contributed by atoms with Crippen LogP contribution in [0.5, 0.6) is 5.75 Å². The van der Waals surface area contributed by atoms with E-state index in [0.717, 1.165) is 24.1 Å². The lowest BCUT2D eigenvalue weighted by Gasteiger charge is -2.29. The van der Waals surface area contributed by atoms with Crippen LogP contribution >= 0.6 is 0 Å². The van der Waals surface area contributed by atoms with E-state index in [2.05, 4.69) is 5.32 Å². The summed E-state index contributed by atoms with van der Waals surface area (Å²) >= 11 is 0. The molecule has 0 radical (unpaired) electrons. The van der Waals surface area contributed by atoms with Crippen molar-refractivity contribution in [1.82, 2.24) is 0 Å². The van der Waals surface area contributed by atoms with Gasteiger partial charge in [-0.1, -0.05) is 24.3 Å². The minimum absolute atomic E-state index is 0.00922. The minimum atomic E-state index is -0.554. The molecular formula is C18H18N2O3. The monoisotopic (exact) mass is 310 g/mol.